The Morgan fingerprint density at radius 3 is 2.44 bits per heavy atom. The lowest BCUT2D eigenvalue weighted by atomic mass is 9.78. The van der Waals surface area contributed by atoms with Crippen LogP contribution in [0.25, 0.3) is 0 Å². The molecule has 220 valence electrons. The fourth-order valence-corrected chi connectivity index (χ4v) is 9.74. The van der Waals surface area contributed by atoms with E-state index in [-0.39, 0.29) is 35.6 Å². The number of aliphatic hydroxyl groups excluding tert-OH is 1. The quantitative estimate of drug-likeness (QED) is 0.495. The Morgan fingerprint density at radius 2 is 1.76 bits per heavy atom. The summed E-state index contributed by atoms with van der Waals surface area (Å²) < 4.78 is 4.73. The molecule has 1 saturated carbocycles. The molecule has 0 aromatic heterocycles. The van der Waals surface area contributed by atoms with Crippen LogP contribution in [-0.4, -0.2) is 87.1 Å². The number of ether oxygens (including phenoxy) is 1. The van der Waals surface area contributed by atoms with Gasteiger partial charge in [-0.15, -0.1) is 11.8 Å². The van der Waals surface area contributed by atoms with Gasteiger partial charge in [-0.3, -0.25) is 14.4 Å². The highest BCUT2D eigenvalue weighted by atomic mass is 32.2. The zero-order chi connectivity index (χ0) is 28.7. The van der Waals surface area contributed by atoms with Crippen LogP contribution in [0.2, 0.25) is 0 Å². The minimum atomic E-state index is -0.864. The van der Waals surface area contributed by atoms with Crippen molar-refractivity contribution < 1.29 is 24.2 Å². The predicted octanol–water partition coefficient (Wildman–Crippen LogP) is 3.79. The summed E-state index contributed by atoms with van der Waals surface area (Å²) >= 11 is 1.60. The maximum Gasteiger partial charge on any atom is 0.247 e. The molecular weight excluding hydrogens is 538 g/mol. The van der Waals surface area contributed by atoms with Crippen LogP contribution >= 0.6 is 11.8 Å². The molecule has 1 aliphatic carbocycles. The Labute approximate surface area is 246 Å². The lowest BCUT2D eigenvalue weighted by molar-refractivity contribution is -0.147. The molecule has 41 heavy (non-hydrogen) atoms. The van der Waals surface area contributed by atoms with Gasteiger partial charge in [0.2, 0.25) is 17.7 Å². The lowest BCUT2D eigenvalue weighted by Gasteiger charge is -2.41. The van der Waals surface area contributed by atoms with Gasteiger partial charge in [0.25, 0.3) is 0 Å². The lowest BCUT2D eigenvalue weighted by Crippen LogP contribution is -2.58. The van der Waals surface area contributed by atoms with E-state index in [1.54, 1.807) is 21.6 Å². The number of rotatable bonds is 7. The number of benzene rings is 1. The van der Waals surface area contributed by atoms with Crippen LogP contribution in [0.4, 0.5) is 5.69 Å². The van der Waals surface area contributed by atoms with Crippen molar-refractivity contribution in [2.45, 2.75) is 80.5 Å². The third kappa shape index (κ3) is 4.60. The number of nitrogens with zero attached hydrogens (tertiary/aromatic N) is 3. The molecule has 9 heteroatoms. The minimum Gasteiger partial charge on any atom is -0.494 e. The van der Waals surface area contributed by atoms with Gasteiger partial charge in [-0.05, 0) is 50.5 Å². The first-order chi connectivity index (χ1) is 19.9. The van der Waals surface area contributed by atoms with Crippen LogP contribution in [0, 0.1) is 11.8 Å². The smallest absolute Gasteiger partial charge is 0.247 e. The summed E-state index contributed by atoms with van der Waals surface area (Å²) in [4.78, 5) is 48.9. The molecular formula is C32H41N3O5S. The molecule has 1 N–H and O–H groups in total. The van der Waals surface area contributed by atoms with Crippen molar-refractivity contribution in [3.63, 3.8) is 0 Å². The van der Waals surface area contributed by atoms with Crippen molar-refractivity contribution in [3.05, 3.63) is 48.6 Å². The standard InChI is InChI=1S/C32H41N3O5S/c1-3-21(20-36)35-28-31(39)34(22-10-6-5-7-11-22)19-9-17-32(28)27(30(35)38)26-25(41-32)12-8-18-33(29(26)37)23-13-15-24(16-14-23)40-4-2/h8-9,12-17,21-22,25-28,36H,3-7,10-11,18-20H2,1-2H3/t21-,25-,26+,27-,28?,32-/m0/s1. The minimum absolute atomic E-state index is 0.0339. The number of thioether (sulfide) groups is 1. The fraction of sp³-hybridized carbons (Fsp3) is 0.594. The number of amides is 3. The second-order valence-electron chi connectivity index (χ2n) is 11.8. The number of hydrogen-bond acceptors (Lipinski definition) is 6. The molecule has 3 fully saturated rings. The predicted molar refractivity (Wildman–Crippen MR) is 160 cm³/mol. The van der Waals surface area contributed by atoms with E-state index in [1.807, 2.05) is 49.1 Å². The Kier molecular flexibility index (Phi) is 7.94. The number of aliphatic hydroxyl groups is 1. The highest BCUT2D eigenvalue weighted by molar-refractivity contribution is 8.02. The van der Waals surface area contributed by atoms with Crippen LogP contribution in [-0.2, 0) is 14.4 Å². The first kappa shape index (κ1) is 28.3. The highest BCUT2D eigenvalue weighted by Gasteiger charge is 2.71. The van der Waals surface area contributed by atoms with E-state index in [1.165, 1.54) is 6.42 Å². The van der Waals surface area contributed by atoms with Gasteiger partial charge < -0.3 is 24.5 Å². The summed E-state index contributed by atoms with van der Waals surface area (Å²) in [7, 11) is 0. The Morgan fingerprint density at radius 1 is 1.00 bits per heavy atom. The van der Waals surface area contributed by atoms with Gasteiger partial charge in [0.1, 0.15) is 11.8 Å². The molecule has 1 aromatic rings. The van der Waals surface area contributed by atoms with Crippen molar-refractivity contribution in [1.29, 1.82) is 0 Å². The average Bonchev–Trinajstić information content (AvgIpc) is 3.30. The van der Waals surface area contributed by atoms with Gasteiger partial charge in [-0.1, -0.05) is 50.5 Å². The van der Waals surface area contributed by atoms with Crippen LogP contribution in [0.3, 0.4) is 0 Å². The second-order valence-corrected chi connectivity index (χ2v) is 13.3. The van der Waals surface area contributed by atoms with Crippen LogP contribution in [0.1, 0.15) is 52.4 Å². The third-order valence-corrected chi connectivity index (χ3v) is 11.4. The molecule has 1 aromatic carbocycles. The molecule has 8 nitrogen and oxygen atoms in total. The molecule has 0 bridgehead atoms. The molecule has 2 saturated heterocycles. The van der Waals surface area contributed by atoms with Gasteiger partial charge >= 0.3 is 0 Å². The van der Waals surface area contributed by atoms with E-state index < -0.39 is 28.7 Å². The Balaban J connectivity index is 1.40. The number of fused-ring (bicyclic) bond motifs is 2. The number of hydrogen-bond donors (Lipinski definition) is 1. The van der Waals surface area contributed by atoms with E-state index in [4.69, 9.17) is 4.74 Å². The monoisotopic (exact) mass is 579 g/mol. The van der Waals surface area contributed by atoms with Gasteiger partial charge in [-0.25, -0.2) is 0 Å². The number of carbonyl (C=O) groups is 3. The van der Waals surface area contributed by atoms with Gasteiger partial charge in [-0.2, -0.15) is 0 Å². The molecule has 1 spiro atoms. The molecule has 1 unspecified atom stereocenters. The molecule has 4 aliphatic heterocycles. The third-order valence-electron chi connectivity index (χ3n) is 9.68. The fourth-order valence-electron chi connectivity index (χ4n) is 7.74. The van der Waals surface area contributed by atoms with Gasteiger partial charge in [0.15, 0.2) is 0 Å². The van der Waals surface area contributed by atoms with Crippen molar-refractivity contribution in [2.24, 2.45) is 11.8 Å². The first-order valence-corrected chi connectivity index (χ1v) is 16.1. The normalized spacial score (nSPS) is 32.5. The van der Waals surface area contributed by atoms with Gasteiger partial charge in [0, 0.05) is 30.1 Å². The summed E-state index contributed by atoms with van der Waals surface area (Å²) in [6.07, 6.45) is 14.1. The summed E-state index contributed by atoms with van der Waals surface area (Å²) in [5, 5.41) is 10.1. The van der Waals surface area contributed by atoms with E-state index in [0.717, 1.165) is 37.1 Å². The van der Waals surface area contributed by atoms with Crippen LogP contribution in [0.15, 0.2) is 48.6 Å². The van der Waals surface area contributed by atoms with Crippen LogP contribution < -0.4 is 9.64 Å². The molecule has 4 heterocycles. The number of carbonyl (C=O) groups excluding carboxylic acids is 3. The molecule has 6 rings (SSSR count). The number of anilines is 1. The summed E-state index contributed by atoms with van der Waals surface area (Å²) in [6, 6.07) is 6.44. The topological polar surface area (TPSA) is 90.4 Å². The zero-order valence-electron chi connectivity index (χ0n) is 24.0. The van der Waals surface area contributed by atoms with E-state index in [2.05, 4.69) is 18.2 Å². The largest absolute Gasteiger partial charge is 0.494 e. The van der Waals surface area contributed by atoms with Crippen LogP contribution in [0.5, 0.6) is 5.75 Å². The average molecular weight is 580 g/mol. The van der Waals surface area contributed by atoms with E-state index in [0.29, 0.717) is 26.1 Å². The van der Waals surface area contributed by atoms with Crippen molar-refractivity contribution in [3.8, 4) is 5.75 Å². The maximum absolute atomic E-state index is 14.6. The molecule has 6 atom stereocenters. The van der Waals surface area contributed by atoms with Gasteiger partial charge in [0.05, 0.1) is 35.8 Å². The summed E-state index contributed by atoms with van der Waals surface area (Å²) in [6.45, 7) is 5.15. The van der Waals surface area contributed by atoms with E-state index >= 15 is 0 Å². The van der Waals surface area contributed by atoms with Crippen molar-refractivity contribution >= 4 is 35.2 Å². The zero-order valence-corrected chi connectivity index (χ0v) is 24.8. The van der Waals surface area contributed by atoms with E-state index in [9.17, 15) is 19.5 Å². The molecule has 3 amide bonds. The Bertz CT molecular complexity index is 1220. The summed E-state index contributed by atoms with van der Waals surface area (Å²) in [5.74, 6) is -0.872. The molecule has 0 radical (unpaired) electrons. The molecule has 5 aliphatic rings. The first-order valence-electron chi connectivity index (χ1n) is 15.2. The second kappa shape index (κ2) is 11.5. The maximum atomic E-state index is 14.6. The van der Waals surface area contributed by atoms with Crippen molar-refractivity contribution in [2.75, 3.05) is 31.2 Å². The highest BCUT2D eigenvalue weighted by Crippen LogP contribution is 2.61. The van der Waals surface area contributed by atoms with Crippen molar-refractivity contribution in [1.82, 2.24) is 9.80 Å². The summed E-state index contributed by atoms with van der Waals surface area (Å²) in [5.41, 5.74) is 0.756. The number of likely N-dealkylation sites (tertiary alicyclic amines) is 1. The SMILES string of the molecule is CCOc1ccc(N2CC=C[C@@H]3S[C@]45C=CCN(C6CCCCC6)C(=O)C4N([C@@H](CC)CO)C(=O)[C@@H]5[C@@H]3C2=O)cc1. The Hall–Kier alpha value is -2.78.